The van der Waals surface area contributed by atoms with Crippen LogP contribution in [0.4, 0.5) is 10.1 Å². The van der Waals surface area contributed by atoms with Crippen LogP contribution in [0.2, 0.25) is 0 Å². The highest BCUT2D eigenvalue weighted by molar-refractivity contribution is 7.21. The molecule has 1 aromatic heterocycles. The molecule has 1 aliphatic carbocycles. The molecule has 3 rings (SSSR count). The van der Waals surface area contributed by atoms with Crippen LogP contribution >= 0.6 is 11.3 Å². The average Bonchev–Trinajstić information content (AvgIpc) is 2.91. The van der Waals surface area contributed by atoms with E-state index >= 15 is 0 Å². The van der Waals surface area contributed by atoms with Crippen molar-refractivity contribution in [1.29, 1.82) is 0 Å². The second kappa shape index (κ2) is 3.95. The van der Waals surface area contributed by atoms with Gasteiger partial charge in [0, 0.05) is 16.1 Å². The highest BCUT2D eigenvalue weighted by Crippen LogP contribution is 2.35. The smallest absolute Gasteiger partial charge is 0.263 e. The molecular formula is C13H13FN2OS. The van der Waals surface area contributed by atoms with E-state index < -0.39 is 0 Å². The van der Waals surface area contributed by atoms with Crippen molar-refractivity contribution >= 4 is 33.0 Å². The molecular weight excluding hydrogens is 251 g/mol. The first-order valence-electron chi connectivity index (χ1n) is 5.84. The molecule has 0 aliphatic heterocycles. The van der Waals surface area contributed by atoms with Crippen LogP contribution in [0.3, 0.4) is 0 Å². The Kier molecular flexibility index (Phi) is 2.52. The molecule has 0 spiro atoms. The van der Waals surface area contributed by atoms with Gasteiger partial charge in [-0.1, -0.05) is 6.92 Å². The summed E-state index contributed by atoms with van der Waals surface area (Å²) in [4.78, 5) is 12.5. The summed E-state index contributed by atoms with van der Waals surface area (Å²) in [6.07, 6.45) is 1.02. The third kappa shape index (κ3) is 1.84. The van der Waals surface area contributed by atoms with E-state index in [4.69, 9.17) is 5.73 Å². The molecule has 18 heavy (non-hydrogen) atoms. The van der Waals surface area contributed by atoms with Crippen LogP contribution in [0.25, 0.3) is 10.1 Å². The van der Waals surface area contributed by atoms with Gasteiger partial charge in [-0.25, -0.2) is 4.39 Å². The summed E-state index contributed by atoms with van der Waals surface area (Å²) in [6, 6.07) is 4.67. The molecule has 2 aromatic rings. The minimum Gasteiger partial charge on any atom is -0.397 e. The van der Waals surface area contributed by atoms with E-state index in [1.54, 1.807) is 6.07 Å². The standard InChI is InChI=1S/C13H13FN2OS/c1-6-4-9(6)16-13(17)12-11(15)8-5-7(14)2-3-10(8)18-12/h2-3,5-6,9H,4,15H2,1H3,(H,16,17). The molecule has 1 saturated carbocycles. The van der Waals surface area contributed by atoms with Crippen LogP contribution in [0.15, 0.2) is 18.2 Å². The van der Waals surface area contributed by atoms with Crippen LogP contribution in [0.5, 0.6) is 0 Å². The van der Waals surface area contributed by atoms with Crippen LogP contribution in [0.1, 0.15) is 23.0 Å². The maximum atomic E-state index is 13.1. The van der Waals surface area contributed by atoms with Crippen molar-refractivity contribution in [3.8, 4) is 0 Å². The molecule has 3 N–H and O–H groups in total. The summed E-state index contributed by atoms with van der Waals surface area (Å²) in [6.45, 7) is 2.09. The van der Waals surface area contributed by atoms with Gasteiger partial charge in [-0.15, -0.1) is 11.3 Å². The Morgan fingerprint density at radius 2 is 2.28 bits per heavy atom. The lowest BCUT2D eigenvalue weighted by Crippen LogP contribution is -2.26. The van der Waals surface area contributed by atoms with E-state index in [1.165, 1.54) is 23.5 Å². The van der Waals surface area contributed by atoms with Gasteiger partial charge in [-0.3, -0.25) is 4.79 Å². The number of nitrogens with one attached hydrogen (secondary N) is 1. The van der Waals surface area contributed by atoms with E-state index in [0.717, 1.165) is 11.1 Å². The molecule has 1 fully saturated rings. The zero-order valence-electron chi connectivity index (χ0n) is 9.87. The van der Waals surface area contributed by atoms with E-state index in [1.807, 2.05) is 0 Å². The van der Waals surface area contributed by atoms with Gasteiger partial charge in [0.1, 0.15) is 10.7 Å². The predicted molar refractivity (Wildman–Crippen MR) is 71.2 cm³/mol. The molecule has 2 atom stereocenters. The van der Waals surface area contributed by atoms with Gasteiger partial charge in [0.15, 0.2) is 0 Å². The van der Waals surface area contributed by atoms with E-state index in [0.29, 0.717) is 21.9 Å². The Morgan fingerprint density at radius 3 is 2.94 bits per heavy atom. The maximum absolute atomic E-state index is 13.1. The van der Waals surface area contributed by atoms with Crippen molar-refractivity contribution in [2.75, 3.05) is 5.73 Å². The Bertz CT molecular complexity index is 637. The molecule has 2 unspecified atom stereocenters. The summed E-state index contributed by atoms with van der Waals surface area (Å²) in [5.41, 5.74) is 6.30. The number of halogens is 1. The molecule has 0 bridgehead atoms. The molecule has 1 aromatic carbocycles. The first kappa shape index (κ1) is 11.5. The number of amides is 1. The first-order chi connectivity index (χ1) is 8.56. The molecule has 1 amide bonds. The van der Waals surface area contributed by atoms with Crippen molar-refractivity contribution < 1.29 is 9.18 Å². The number of nitrogen functional groups attached to an aromatic ring is 1. The second-order valence-corrected chi connectivity index (χ2v) is 5.83. The van der Waals surface area contributed by atoms with Gasteiger partial charge in [0.05, 0.1) is 5.69 Å². The van der Waals surface area contributed by atoms with E-state index in [9.17, 15) is 9.18 Å². The summed E-state index contributed by atoms with van der Waals surface area (Å²) in [5, 5.41) is 3.55. The maximum Gasteiger partial charge on any atom is 0.263 e. The molecule has 1 aliphatic rings. The fourth-order valence-corrected chi connectivity index (χ4v) is 3.02. The lowest BCUT2D eigenvalue weighted by molar-refractivity contribution is 0.0954. The van der Waals surface area contributed by atoms with Crippen molar-refractivity contribution in [1.82, 2.24) is 5.32 Å². The molecule has 1 heterocycles. The quantitative estimate of drug-likeness (QED) is 0.876. The number of benzene rings is 1. The van der Waals surface area contributed by atoms with E-state index in [2.05, 4.69) is 12.2 Å². The van der Waals surface area contributed by atoms with Gasteiger partial charge < -0.3 is 11.1 Å². The molecule has 3 nitrogen and oxygen atoms in total. The van der Waals surface area contributed by atoms with Crippen LogP contribution in [0, 0.1) is 11.7 Å². The number of hydrogen-bond acceptors (Lipinski definition) is 3. The highest BCUT2D eigenvalue weighted by atomic mass is 32.1. The van der Waals surface area contributed by atoms with Crippen LogP contribution in [-0.4, -0.2) is 11.9 Å². The summed E-state index contributed by atoms with van der Waals surface area (Å²) in [7, 11) is 0. The predicted octanol–water partition coefficient (Wildman–Crippen LogP) is 2.76. The van der Waals surface area contributed by atoms with Crippen molar-refractivity contribution in [2.24, 2.45) is 5.92 Å². The molecule has 0 saturated heterocycles. The van der Waals surface area contributed by atoms with Gasteiger partial charge >= 0.3 is 0 Å². The average molecular weight is 264 g/mol. The monoisotopic (exact) mass is 264 g/mol. The number of fused-ring (bicyclic) bond motifs is 1. The van der Waals surface area contributed by atoms with Crippen molar-refractivity contribution in [3.63, 3.8) is 0 Å². The first-order valence-corrected chi connectivity index (χ1v) is 6.66. The fourth-order valence-electron chi connectivity index (χ4n) is 2.01. The minimum absolute atomic E-state index is 0.150. The largest absolute Gasteiger partial charge is 0.397 e. The topological polar surface area (TPSA) is 55.1 Å². The van der Waals surface area contributed by atoms with Crippen molar-refractivity contribution in [2.45, 2.75) is 19.4 Å². The zero-order chi connectivity index (χ0) is 12.9. The second-order valence-electron chi connectivity index (χ2n) is 4.78. The number of hydrogen-bond donors (Lipinski definition) is 2. The summed E-state index contributed by atoms with van der Waals surface area (Å²) < 4.78 is 14.0. The number of thiophene rings is 1. The SMILES string of the molecule is CC1CC1NC(=O)c1sc2ccc(F)cc2c1N. The van der Waals surface area contributed by atoms with Gasteiger partial charge in [-0.05, 0) is 30.5 Å². The Balaban J connectivity index is 1.96. The number of carbonyl (C=O) groups is 1. The van der Waals surface area contributed by atoms with E-state index in [-0.39, 0.29) is 17.8 Å². The zero-order valence-corrected chi connectivity index (χ0v) is 10.7. The molecule has 5 heteroatoms. The summed E-state index contributed by atoms with van der Waals surface area (Å²) >= 11 is 1.31. The normalized spacial score (nSPS) is 22.1. The highest BCUT2D eigenvalue weighted by Gasteiger charge is 2.34. The lowest BCUT2D eigenvalue weighted by atomic mass is 10.2. The Labute approximate surface area is 108 Å². The van der Waals surface area contributed by atoms with Gasteiger partial charge in [0.25, 0.3) is 5.91 Å². The number of anilines is 1. The lowest BCUT2D eigenvalue weighted by Gasteiger charge is -2.02. The third-order valence-corrected chi connectivity index (χ3v) is 4.51. The Hall–Kier alpha value is -1.62. The van der Waals surface area contributed by atoms with Gasteiger partial charge in [-0.2, -0.15) is 0 Å². The van der Waals surface area contributed by atoms with Crippen molar-refractivity contribution in [3.05, 3.63) is 28.9 Å². The third-order valence-electron chi connectivity index (χ3n) is 3.32. The fraction of sp³-hybridized carbons (Fsp3) is 0.308. The minimum atomic E-state index is -0.338. The van der Waals surface area contributed by atoms with Gasteiger partial charge in [0.2, 0.25) is 0 Å². The number of carbonyl (C=O) groups excluding carboxylic acids is 1. The molecule has 94 valence electrons. The number of nitrogens with two attached hydrogens (primary N) is 1. The number of rotatable bonds is 2. The Morgan fingerprint density at radius 1 is 1.56 bits per heavy atom. The summed E-state index contributed by atoms with van der Waals surface area (Å²) in [5.74, 6) is 0.0558. The van der Waals surface area contributed by atoms with Crippen LogP contribution in [-0.2, 0) is 0 Å². The van der Waals surface area contributed by atoms with Crippen LogP contribution < -0.4 is 11.1 Å². The molecule has 0 radical (unpaired) electrons.